The van der Waals surface area contributed by atoms with Crippen LogP contribution in [-0.4, -0.2) is 30.6 Å². The zero-order valence-electron chi connectivity index (χ0n) is 15.7. The predicted molar refractivity (Wildman–Crippen MR) is 100 cm³/mol. The van der Waals surface area contributed by atoms with Crippen LogP contribution in [0.2, 0.25) is 0 Å². The minimum Gasteiger partial charge on any atom is -0.497 e. The van der Waals surface area contributed by atoms with E-state index in [1.165, 1.54) is 6.26 Å². The van der Waals surface area contributed by atoms with Crippen molar-refractivity contribution in [2.24, 2.45) is 0 Å². The Morgan fingerprint density at radius 3 is 2.70 bits per heavy atom. The zero-order valence-corrected chi connectivity index (χ0v) is 15.7. The second-order valence-electron chi connectivity index (χ2n) is 7.19. The molecule has 1 aliphatic carbocycles. The smallest absolute Gasteiger partial charge is 0.311 e. The third-order valence-electron chi connectivity index (χ3n) is 5.42. The summed E-state index contributed by atoms with van der Waals surface area (Å²) in [4.78, 5) is 23.8. The number of nitrogens with one attached hydrogen (secondary N) is 1. The van der Waals surface area contributed by atoms with Gasteiger partial charge in [0.05, 0.1) is 18.9 Å². The Morgan fingerprint density at radius 1 is 1.30 bits per heavy atom. The van der Waals surface area contributed by atoms with Crippen LogP contribution in [0.4, 0.5) is 0 Å². The lowest BCUT2D eigenvalue weighted by atomic mass is 9.78. The van der Waals surface area contributed by atoms with Crippen molar-refractivity contribution in [3.05, 3.63) is 53.0 Å². The molecule has 1 aromatic heterocycles. The summed E-state index contributed by atoms with van der Waals surface area (Å²) < 4.78 is 10.6. The molecule has 6 heteroatoms. The molecule has 0 aliphatic heterocycles. The van der Waals surface area contributed by atoms with Crippen molar-refractivity contribution in [2.45, 2.75) is 44.4 Å². The normalized spacial score (nSPS) is 15.5. The van der Waals surface area contributed by atoms with Crippen molar-refractivity contribution < 1.29 is 23.8 Å². The van der Waals surface area contributed by atoms with E-state index < -0.39 is 5.97 Å². The fourth-order valence-electron chi connectivity index (χ4n) is 3.98. The van der Waals surface area contributed by atoms with Crippen molar-refractivity contribution in [3.8, 4) is 5.75 Å². The van der Waals surface area contributed by atoms with E-state index in [2.05, 4.69) is 11.4 Å². The van der Waals surface area contributed by atoms with Gasteiger partial charge in [-0.1, -0.05) is 25.0 Å². The topological polar surface area (TPSA) is 88.8 Å². The molecule has 1 saturated carbocycles. The highest BCUT2D eigenvalue weighted by Crippen LogP contribution is 2.41. The van der Waals surface area contributed by atoms with Crippen LogP contribution in [-0.2, 0) is 16.6 Å². The minimum absolute atomic E-state index is 0.130. The van der Waals surface area contributed by atoms with Crippen LogP contribution in [0, 0.1) is 6.92 Å². The Balaban J connectivity index is 1.80. The van der Waals surface area contributed by atoms with E-state index in [4.69, 9.17) is 14.3 Å². The van der Waals surface area contributed by atoms with E-state index in [0.29, 0.717) is 17.7 Å². The van der Waals surface area contributed by atoms with Gasteiger partial charge >= 0.3 is 5.97 Å². The third-order valence-corrected chi connectivity index (χ3v) is 5.42. The van der Waals surface area contributed by atoms with Crippen LogP contribution in [0.3, 0.4) is 0 Å². The minimum atomic E-state index is -1.03. The molecule has 3 rings (SSSR count). The molecule has 0 atom stereocenters. The number of carbonyl (C=O) groups excluding carboxylic acids is 1. The molecule has 6 nitrogen and oxygen atoms in total. The van der Waals surface area contributed by atoms with Crippen LogP contribution in [0.15, 0.2) is 34.9 Å². The highest BCUT2D eigenvalue weighted by Gasteiger charge is 2.36. The molecule has 1 aromatic carbocycles. The Hall–Kier alpha value is -2.76. The first-order valence-electron chi connectivity index (χ1n) is 9.17. The summed E-state index contributed by atoms with van der Waals surface area (Å²) in [6.07, 6.45) is 5.34. The lowest BCUT2D eigenvalue weighted by molar-refractivity contribution is -0.136. The number of ether oxygens (including phenoxy) is 1. The van der Waals surface area contributed by atoms with Gasteiger partial charge in [0.1, 0.15) is 17.9 Å². The third kappa shape index (κ3) is 3.99. The number of hydrogen-bond acceptors (Lipinski definition) is 4. The molecule has 0 radical (unpaired) electrons. The van der Waals surface area contributed by atoms with E-state index in [9.17, 15) is 9.59 Å². The molecule has 1 heterocycles. The number of carboxylic acids is 1. The lowest BCUT2D eigenvalue weighted by Crippen LogP contribution is -2.39. The Labute approximate surface area is 158 Å². The van der Waals surface area contributed by atoms with E-state index in [1.807, 2.05) is 18.2 Å². The summed E-state index contributed by atoms with van der Waals surface area (Å²) >= 11 is 0. The zero-order chi connectivity index (χ0) is 19.4. The maximum absolute atomic E-state index is 12.8. The number of aryl methyl sites for hydroxylation is 1. The molecule has 27 heavy (non-hydrogen) atoms. The molecule has 2 aromatic rings. The Kier molecular flexibility index (Phi) is 5.54. The molecule has 2 N–H and O–H groups in total. The molecular weight excluding hydrogens is 346 g/mol. The van der Waals surface area contributed by atoms with Gasteiger partial charge in [-0.25, -0.2) is 0 Å². The number of methoxy groups -OCH3 is 1. The van der Waals surface area contributed by atoms with E-state index in [0.717, 1.165) is 37.0 Å². The summed E-state index contributed by atoms with van der Waals surface area (Å²) in [5.41, 5.74) is 2.01. The van der Waals surface area contributed by atoms with Gasteiger partial charge in [0, 0.05) is 17.5 Å². The van der Waals surface area contributed by atoms with Crippen LogP contribution >= 0.6 is 0 Å². The number of carbonyl (C=O) groups is 2. The first kappa shape index (κ1) is 19.0. The first-order chi connectivity index (χ1) is 12.9. The van der Waals surface area contributed by atoms with E-state index in [1.54, 1.807) is 14.0 Å². The maximum atomic E-state index is 12.8. The molecule has 1 aliphatic rings. The lowest BCUT2D eigenvalue weighted by Gasteiger charge is -2.30. The van der Waals surface area contributed by atoms with Gasteiger partial charge in [-0.2, -0.15) is 0 Å². The quantitative estimate of drug-likeness (QED) is 0.778. The number of carboxylic acid groups (broad SMARTS) is 1. The SMILES string of the molecule is COc1cccc(C2(CNC(=O)c3c(C)coc3CC(=O)O)CCCC2)c1. The predicted octanol–water partition coefficient (Wildman–Crippen LogP) is 3.47. The summed E-state index contributed by atoms with van der Waals surface area (Å²) in [6, 6.07) is 8.01. The maximum Gasteiger partial charge on any atom is 0.311 e. The van der Waals surface area contributed by atoms with Crippen molar-refractivity contribution in [1.82, 2.24) is 5.32 Å². The molecule has 1 fully saturated rings. The summed E-state index contributed by atoms with van der Waals surface area (Å²) in [6.45, 7) is 2.24. The molecule has 0 unspecified atom stereocenters. The van der Waals surface area contributed by atoms with Crippen molar-refractivity contribution in [1.29, 1.82) is 0 Å². The van der Waals surface area contributed by atoms with Gasteiger partial charge in [-0.05, 0) is 37.5 Å². The number of furan rings is 1. The van der Waals surface area contributed by atoms with Gasteiger partial charge in [0.15, 0.2) is 0 Å². The monoisotopic (exact) mass is 371 g/mol. The van der Waals surface area contributed by atoms with Crippen LogP contribution in [0.25, 0.3) is 0 Å². The molecule has 0 bridgehead atoms. The van der Waals surface area contributed by atoms with E-state index >= 15 is 0 Å². The van der Waals surface area contributed by atoms with Gasteiger partial charge in [0.2, 0.25) is 0 Å². The highest BCUT2D eigenvalue weighted by atomic mass is 16.5. The van der Waals surface area contributed by atoms with E-state index in [-0.39, 0.29) is 23.5 Å². The Bertz CT molecular complexity index is 833. The average molecular weight is 371 g/mol. The number of amides is 1. The largest absolute Gasteiger partial charge is 0.497 e. The molecule has 0 saturated heterocycles. The number of rotatable bonds is 7. The van der Waals surface area contributed by atoms with Gasteiger partial charge < -0.3 is 19.6 Å². The molecule has 0 spiro atoms. The second kappa shape index (κ2) is 7.86. The standard InChI is InChI=1S/C21H25NO5/c1-14-12-27-17(11-18(23)24)19(14)20(25)22-13-21(8-3-4-9-21)15-6-5-7-16(10-15)26-2/h5-7,10,12H,3-4,8-9,11,13H2,1-2H3,(H,22,25)(H,23,24). The highest BCUT2D eigenvalue weighted by molar-refractivity contribution is 5.97. The Morgan fingerprint density at radius 2 is 2.04 bits per heavy atom. The van der Waals surface area contributed by atoms with Gasteiger partial charge in [-0.15, -0.1) is 0 Å². The molecule has 144 valence electrons. The van der Waals surface area contributed by atoms with Crippen molar-refractivity contribution in [2.75, 3.05) is 13.7 Å². The summed E-state index contributed by atoms with van der Waals surface area (Å²) in [7, 11) is 1.65. The van der Waals surface area contributed by atoms with Crippen LogP contribution in [0.5, 0.6) is 5.75 Å². The average Bonchev–Trinajstić information content (AvgIpc) is 3.27. The van der Waals surface area contributed by atoms with Crippen LogP contribution in [0.1, 0.15) is 52.9 Å². The number of benzene rings is 1. The second-order valence-corrected chi connectivity index (χ2v) is 7.19. The van der Waals surface area contributed by atoms with Gasteiger partial charge in [0.25, 0.3) is 5.91 Å². The fourth-order valence-corrected chi connectivity index (χ4v) is 3.98. The fraction of sp³-hybridized carbons (Fsp3) is 0.429. The molecule has 1 amide bonds. The van der Waals surface area contributed by atoms with Crippen LogP contribution < -0.4 is 10.1 Å². The molecular formula is C21H25NO5. The first-order valence-corrected chi connectivity index (χ1v) is 9.17. The van der Waals surface area contributed by atoms with Gasteiger partial charge in [-0.3, -0.25) is 9.59 Å². The summed E-state index contributed by atoms with van der Waals surface area (Å²) in [5, 5.41) is 12.0. The van der Waals surface area contributed by atoms with Crippen molar-refractivity contribution in [3.63, 3.8) is 0 Å². The number of aliphatic carboxylic acids is 1. The summed E-state index contributed by atoms with van der Waals surface area (Å²) in [5.74, 6) is -0.312. The van der Waals surface area contributed by atoms with Crippen molar-refractivity contribution >= 4 is 11.9 Å². The number of hydrogen-bond donors (Lipinski definition) is 2.